The molecule has 1 heterocycles. The summed E-state index contributed by atoms with van der Waals surface area (Å²) in [6, 6.07) is 16.8. The predicted octanol–water partition coefficient (Wildman–Crippen LogP) is 6.34. The molecule has 3 N–H and O–H groups in total. The number of benzene rings is 3. The number of hydrogen-bond acceptors (Lipinski definition) is 6. The number of ketones is 1. The van der Waals surface area contributed by atoms with Crippen LogP contribution in [-0.2, 0) is 11.4 Å². The Kier molecular flexibility index (Phi) is 6.08. The number of phenols is 1. The molecule has 0 radical (unpaired) electrons. The van der Waals surface area contributed by atoms with Crippen LogP contribution >= 0.6 is 0 Å². The molecule has 3 aromatic rings. The van der Waals surface area contributed by atoms with Crippen molar-refractivity contribution in [2.75, 3.05) is 17.7 Å². The Hall–Kier alpha value is -4.00. The molecular weight excluding hydrogens is 459 g/mol. The molecule has 1 atom stereocenters. The Bertz CT molecular complexity index is 1350. The van der Waals surface area contributed by atoms with Crippen molar-refractivity contribution >= 4 is 17.2 Å². The molecule has 0 fully saturated rings. The summed E-state index contributed by atoms with van der Waals surface area (Å²) in [7, 11) is 1.50. The summed E-state index contributed by atoms with van der Waals surface area (Å²) in [5.74, 6) is 0.0951. The number of hydrogen-bond donors (Lipinski definition) is 3. The highest BCUT2D eigenvalue weighted by Crippen LogP contribution is 2.48. The summed E-state index contributed by atoms with van der Waals surface area (Å²) >= 11 is 0. The normalized spacial score (nSPS) is 18.3. The largest absolute Gasteiger partial charge is 0.506 e. The first-order valence-electron chi connectivity index (χ1n) is 11.9. The third-order valence-corrected chi connectivity index (χ3v) is 6.66. The van der Waals surface area contributed by atoms with Gasteiger partial charge >= 0.3 is 0 Å². The maximum absolute atomic E-state index is 15.7. The number of para-hydroxylation sites is 1. The Balaban J connectivity index is 1.58. The van der Waals surface area contributed by atoms with Gasteiger partial charge in [-0.25, -0.2) is 4.39 Å². The fourth-order valence-electron chi connectivity index (χ4n) is 4.96. The van der Waals surface area contributed by atoms with Crippen LogP contribution in [0.15, 0.2) is 71.9 Å². The van der Waals surface area contributed by atoms with Gasteiger partial charge < -0.3 is 25.2 Å². The third-order valence-electron chi connectivity index (χ3n) is 6.66. The molecule has 7 heteroatoms. The van der Waals surface area contributed by atoms with Crippen molar-refractivity contribution in [2.45, 2.75) is 39.3 Å². The second-order valence-corrected chi connectivity index (χ2v) is 10.0. The van der Waals surface area contributed by atoms with Crippen LogP contribution in [0, 0.1) is 11.2 Å². The van der Waals surface area contributed by atoms with E-state index in [1.54, 1.807) is 24.3 Å². The molecule has 1 aliphatic heterocycles. The number of ether oxygens (including phenoxy) is 2. The number of nitrogens with one attached hydrogen (secondary N) is 2. The number of carbonyl (C=O) groups excluding carboxylic acids is 1. The summed E-state index contributed by atoms with van der Waals surface area (Å²) in [5, 5.41) is 17.1. The first kappa shape index (κ1) is 23.7. The van der Waals surface area contributed by atoms with Crippen LogP contribution in [0.5, 0.6) is 17.2 Å². The van der Waals surface area contributed by atoms with Crippen LogP contribution in [0.2, 0.25) is 0 Å². The van der Waals surface area contributed by atoms with E-state index in [-0.39, 0.29) is 34.9 Å². The molecule has 6 nitrogen and oxygen atoms in total. The van der Waals surface area contributed by atoms with E-state index < -0.39 is 11.9 Å². The average Bonchev–Trinajstić information content (AvgIpc) is 3.00. The zero-order chi connectivity index (χ0) is 25.4. The zero-order valence-electron chi connectivity index (χ0n) is 20.5. The van der Waals surface area contributed by atoms with Crippen LogP contribution in [0.1, 0.15) is 43.9 Å². The number of aromatic hydroxyl groups is 1. The second kappa shape index (κ2) is 9.22. The number of carbonyl (C=O) groups is 1. The minimum Gasteiger partial charge on any atom is -0.506 e. The van der Waals surface area contributed by atoms with Gasteiger partial charge in [-0.3, -0.25) is 4.79 Å². The molecular formula is C29H29FN2O4. The zero-order valence-corrected chi connectivity index (χ0v) is 20.5. The monoisotopic (exact) mass is 488 g/mol. The fraction of sp³-hybridized carbons (Fsp3) is 0.276. The van der Waals surface area contributed by atoms with Crippen molar-refractivity contribution in [3.8, 4) is 17.2 Å². The lowest BCUT2D eigenvalue weighted by Gasteiger charge is -2.34. The highest BCUT2D eigenvalue weighted by molar-refractivity contribution is 6.01. The number of anilines is 2. The Morgan fingerprint density at radius 1 is 1.06 bits per heavy atom. The maximum Gasteiger partial charge on any atom is 0.164 e. The van der Waals surface area contributed by atoms with Crippen LogP contribution < -0.4 is 20.1 Å². The molecule has 0 spiro atoms. The van der Waals surface area contributed by atoms with Gasteiger partial charge in [-0.05, 0) is 35.6 Å². The quantitative estimate of drug-likeness (QED) is 0.364. The van der Waals surface area contributed by atoms with E-state index in [9.17, 15) is 9.90 Å². The number of allylic oxidation sites excluding steroid dienone is 1. The Labute approximate surface area is 209 Å². The molecule has 5 rings (SSSR count). The second-order valence-electron chi connectivity index (χ2n) is 10.0. The molecule has 1 aliphatic carbocycles. The van der Waals surface area contributed by atoms with E-state index in [1.807, 2.05) is 44.2 Å². The summed E-state index contributed by atoms with van der Waals surface area (Å²) < 4.78 is 27.2. The van der Waals surface area contributed by atoms with Crippen molar-refractivity contribution in [1.29, 1.82) is 0 Å². The number of rotatable bonds is 5. The number of fused-ring (bicyclic) bond motifs is 1. The van der Waals surface area contributed by atoms with Gasteiger partial charge in [-0.1, -0.05) is 50.2 Å². The molecule has 0 saturated heterocycles. The SMILES string of the molecule is COc1cc(C2Nc3cccc(O)c3NC3=C2C(=O)CC(C)(C)C3)c(F)cc1OCc1ccccc1. The van der Waals surface area contributed by atoms with Gasteiger partial charge in [0.15, 0.2) is 17.3 Å². The standard InChI is InChI=1S/C29H29FN2O4/c1-29(2)14-21-26(23(34)15-29)27(31-20-10-7-11-22(33)28(20)32-21)18-12-24(35-3)25(13-19(18)30)36-16-17-8-5-4-6-9-17/h4-13,27,31-33H,14-16H2,1-3H3. The van der Waals surface area contributed by atoms with Gasteiger partial charge in [0, 0.05) is 29.3 Å². The van der Waals surface area contributed by atoms with Crippen LogP contribution in [-0.4, -0.2) is 18.0 Å². The minimum absolute atomic E-state index is 0.0473. The van der Waals surface area contributed by atoms with E-state index in [0.717, 1.165) is 5.56 Å². The highest BCUT2D eigenvalue weighted by atomic mass is 19.1. The van der Waals surface area contributed by atoms with E-state index in [0.29, 0.717) is 41.2 Å². The van der Waals surface area contributed by atoms with E-state index in [2.05, 4.69) is 10.6 Å². The summed E-state index contributed by atoms with van der Waals surface area (Å²) in [6.45, 7) is 4.31. The number of halogens is 1. The van der Waals surface area contributed by atoms with Crippen molar-refractivity contribution < 1.29 is 23.8 Å². The van der Waals surface area contributed by atoms with Crippen LogP contribution in [0.4, 0.5) is 15.8 Å². The van der Waals surface area contributed by atoms with Crippen molar-refractivity contribution in [3.05, 3.63) is 88.9 Å². The van der Waals surface area contributed by atoms with Gasteiger partial charge in [0.1, 0.15) is 23.9 Å². The lowest BCUT2D eigenvalue weighted by Crippen LogP contribution is -2.31. The lowest BCUT2D eigenvalue weighted by molar-refractivity contribution is -0.118. The summed E-state index contributed by atoms with van der Waals surface area (Å²) in [4.78, 5) is 13.4. The van der Waals surface area contributed by atoms with Gasteiger partial charge in [-0.15, -0.1) is 0 Å². The Morgan fingerprint density at radius 2 is 1.83 bits per heavy atom. The summed E-state index contributed by atoms with van der Waals surface area (Å²) in [6.07, 6.45) is 0.919. The molecule has 1 unspecified atom stereocenters. The van der Waals surface area contributed by atoms with Gasteiger partial charge in [-0.2, -0.15) is 0 Å². The minimum atomic E-state index is -0.781. The van der Waals surface area contributed by atoms with E-state index >= 15 is 4.39 Å². The summed E-state index contributed by atoms with van der Waals surface area (Å²) in [5.41, 5.74) is 3.12. The van der Waals surface area contributed by atoms with E-state index in [1.165, 1.54) is 13.2 Å². The topological polar surface area (TPSA) is 79.8 Å². The fourth-order valence-corrected chi connectivity index (χ4v) is 4.96. The molecule has 0 bridgehead atoms. The number of Topliss-reactive ketones (excluding diaryl/α,β-unsaturated/α-hetero) is 1. The van der Waals surface area contributed by atoms with Crippen molar-refractivity contribution in [1.82, 2.24) is 0 Å². The highest BCUT2D eigenvalue weighted by Gasteiger charge is 2.40. The van der Waals surface area contributed by atoms with Crippen molar-refractivity contribution in [3.63, 3.8) is 0 Å². The van der Waals surface area contributed by atoms with Crippen LogP contribution in [0.25, 0.3) is 0 Å². The number of phenolic OH excluding ortho intramolecular Hbond substituents is 1. The van der Waals surface area contributed by atoms with Gasteiger partial charge in [0.05, 0.1) is 18.8 Å². The molecule has 0 aromatic heterocycles. The van der Waals surface area contributed by atoms with E-state index in [4.69, 9.17) is 9.47 Å². The maximum atomic E-state index is 15.7. The van der Waals surface area contributed by atoms with Crippen LogP contribution in [0.3, 0.4) is 0 Å². The van der Waals surface area contributed by atoms with Gasteiger partial charge in [0.25, 0.3) is 0 Å². The molecule has 0 amide bonds. The molecule has 186 valence electrons. The first-order valence-corrected chi connectivity index (χ1v) is 11.9. The average molecular weight is 489 g/mol. The lowest BCUT2D eigenvalue weighted by atomic mass is 9.73. The Morgan fingerprint density at radius 3 is 2.58 bits per heavy atom. The molecule has 0 saturated carbocycles. The molecule has 36 heavy (non-hydrogen) atoms. The van der Waals surface area contributed by atoms with Gasteiger partial charge in [0.2, 0.25) is 0 Å². The number of methoxy groups -OCH3 is 1. The first-order chi connectivity index (χ1) is 17.3. The third kappa shape index (κ3) is 4.49. The predicted molar refractivity (Wildman–Crippen MR) is 137 cm³/mol. The smallest absolute Gasteiger partial charge is 0.164 e. The molecule has 2 aliphatic rings. The molecule has 3 aromatic carbocycles. The van der Waals surface area contributed by atoms with Crippen molar-refractivity contribution in [2.24, 2.45) is 5.41 Å².